The van der Waals surface area contributed by atoms with Gasteiger partial charge in [0.15, 0.2) is 0 Å². The quantitative estimate of drug-likeness (QED) is 0.863. The van der Waals surface area contributed by atoms with Crippen molar-refractivity contribution in [3.63, 3.8) is 0 Å². The maximum Gasteiger partial charge on any atom is 0.303 e. The van der Waals surface area contributed by atoms with Crippen LogP contribution in [0.25, 0.3) is 0 Å². The van der Waals surface area contributed by atoms with E-state index in [0.717, 1.165) is 19.3 Å². The number of carbonyl (C=O) groups is 2. The molecule has 0 fully saturated rings. The van der Waals surface area contributed by atoms with Crippen LogP contribution in [0.4, 0.5) is 0 Å². The average Bonchev–Trinajstić information content (AvgIpc) is 2.75. The highest BCUT2D eigenvalue weighted by Crippen LogP contribution is 2.33. The number of hydrogen-bond acceptors (Lipinski definition) is 3. The Morgan fingerprint density at radius 2 is 2.29 bits per heavy atom. The van der Waals surface area contributed by atoms with Crippen LogP contribution >= 0.6 is 11.3 Å². The standard InChI is InChI=1S/C12H15NO3S/c14-11(4-5-12(15)16)13-9-2-1-3-10-8(9)6-7-17-10/h6-7,9H,1-5H2,(H,13,14)(H,15,16). The SMILES string of the molecule is O=C(O)CCC(=O)NC1CCCc2sccc21. The van der Waals surface area contributed by atoms with Gasteiger partial charge in [-0.1, -0.05) is 0 Å². The summed E-state index contributed by atoms with van der Waals surface area (Å²) in [5, 5.41) is 13.5. The summed E-state index contributed by atoms with van der Waals surface area (Å²) < 4.78 is 0. The monoisotopic (exact) mass is 253 g/mol. The van der Waals surface area contributed by atoms with Crippen LogP contribution in [-0.4, -0.2) is 17.0 Å². The van der Waals surface area contributed by atoms with Gasteiger partial charge in [0, 0.05) is 11.3 Å². The minimum atomic E-state index is -0.931. The zero-order valence-corrected chi connectivity index (χ0v) is 10.3. The first kappa shape index (κ1) is 12.1. The van der Waals surface area contributed by atoms with Gasteiger partial charge in [0.25, 0.3) is 0 Å². The summed E-state index contributed by atoms with van der Waals surface area (Å²) in [6, 6.07) is 2.13. The van der Waals surface area contributed by atoms with Crippen LogP contribution in [0.3, 0.4) is 0 Å². The first-order valence-electron chi connectivity index (χ1n) is 5.74. The molecule has 0 aliphatic heterocycles. The molecule has 1 aromatic rings. The molecule has 0 aromatic carbocycles. The van der Waals surface area contributed by atoms with Gasteiger partial charge in [-0.3, -0.25) is 9.59 Å². The molecule has 17 heavy (non-hydrogen) atoms. The van der Waals surface area contributed by atoms with Crippen LogP contribution in [0.2, 0.25) is 0 Å². The smallest absolute Gasteiger partial charge is 0.303 e. The molecule has 92 valence electrons. The number of thiophene rings is 1. The molecule has 5 heteroatoms. The highest BCUT2D eigenvalue weighted by Gasteiger charge is 2.22. The number of carboxylic acid groups (broad SMARTS) is 1. The molecule has 1 aliphatic carbocycles. The van der Waals surface area contributed by atoms with E-state index in [-0.39, 0.29) is 24.8 Å². The van der Waals surface area contributed by atoms with Gasteiger partial charge in [-0.15, -0.1) is 11.3 Å². The Morgan fingerprint density at radius 3 is 3.06 bits per heavy atom. The first-order chi connectivity index (χ1) is 8.16. The van der Waals surface area contributed by atoms with Gasteiger partial charge < -0.3 is 10.4 Å². The highest BCUT2D eigenvalue weighted by atomic mass is 32.1. The Balaban J connectivity index is 1.92. The molecule has 0 saturated heterocycles. The van der Waals surface area contributed by atoms with Crippen molar-refractivity contribution in [1.29, 1.82) is 0 Å². The molecule has 1 heterocycles. The second kappa shape index (κ2) is 5.31. The van der Waals surface area contributed by atoms with Crippen LogP contribution in [-0.2, 0) is 16.0 Å². The lowest BCUT2D eigenvalue weighted by Gasteiger charge is -2.23. The van der Waals surface area contributed by atoms with Gasteiger partial charge >= 0.3 is 5.97 Å². The van der Waals surface area contributed by atoms with Crippen LogP contribution in [0.15, 0.2) is 11.4 Å². The van der Waals surface area contributed by atoms with Gasteiger partial charge in [-0.25, -0.2) is 0 Å². The Labute approximate surface area is 104 Å². The second-order valence-electron chi connectivity index (χ2n) is 4.21. The molecule has 1 aromatic heterocycles. The van der Waals surface area contributed by atoms with E-state index in [0.29, 0.717) is 0 Å². The molecule has 1 unspecified atom stereocenters. The normalized spacial score (nSPS) is 18.5. The molecule has 1 aliphatic rings. The number of carboxylic acids is 1. The number of fused-ring (bicyclic) bond motifs is 1. The Bertz CT molecular complexity index is 427. The molecule has 0 spiro atoms. The lowest BCUT2D eigenvalue weighted by Crippen LogP contribution is -2.30. The van der Waals surface area contributed by atoms with E-state index in [9.17, 15) is 9.59 Å². The topological polar surface area (TPSA) is 66.4 Å². The fourth-order valence-electron chi connectivity index (χ4n) is 2.12. The largest absolute Gasteiger partial charge is 0.481 e. The fourth-order valence-corrected chi connectivity index (χ4v) is 3.11. The van der Waals surface area contributed by atoms with E-state index in [4.69, 9.17) is 5.11 Å². The van der Waals surface area contributed by atoms with Gasteiger partial charge in [-0.05, 0) is 36.3 Å². The van der Waals surface area contributed by atoms with Crippen LogP contribution < -0.4 is 5.32 Å². The number of nitrogens with one attached hydrogen (secondary N) is 1. The average molecular weight is 253 g/mol. The minimum Gasteiger partial charge on any atom is -0.481 e. The number of aliphatic carboxylic acids is 1. The summed E-state index contributed by atoms with van der Waals surface area (Å²) in [5.74, 6) is -1.10. The van der Waals surface area contributed by atoms with E-state index in [1.54, 1.807) is 11.3 Å². The molecule has 0 radical (unpaired) electrons. The predicted molar refractivity (Wildman–Crippen MR) is 65.0 cm³/mol. The van der Waals surface area contributed by atoms with Crippen molar-refractivity contribution in [2.45, 2.75) is 38.1 Å². The van der Waals surface area contributed by atoms with Gasteiger partial charge in [-0.2, -0.15) is 0 Å². The van der Waals surface area contributed by atoms with Gasteiger partial charge in [0.1, 0.15) is 0 Å². The molecular formula is C12H15NO3S. The summed E-state index contributed by atoms with van der Waals surface area (Å²) in [7, 11) is 0. The summed E-state index contributed by atoms with van der Waals surface area (Å²) in [4.78, 5) is 23.3. The Hall–Kier alpha value is -1.36. The summed E-state index contributed by atoms with van der Waals surface area (Å²) >= 11 is 1.73. The predicted octanol–water partition coefficient (Wildman–Crippen LogP) is 2.11. The summed E-state index contributed by atoms with van der Waals surface area (Å²) in [6.45, 7) is 0. The maximum absolute atomic E-state index is 11.6. The highest BCUT2D eigenvalue weighted by molar-refractivity contribution is 7.10. The van der Waals surface area contributed by atoms with Crippen molar-refractivity contribution < 1.29 is 14.7 Å². The van der Waals surface area contributed by atoms with Crippen molar-refractivity contribution in [2.24, 2.45) is 0 Å². The van der Waals surface area contributed by atoms with E-state index in [1.165, 1.54) is 10.4 Å². The lowest BCUT2D eigenvalue weighted by atomic mass is 9.94. The molecule has 0 saturated carbocycles. The molecule has 2 N–H and O–H groups in total. The molecule has 4 nitrogen and oxygen atoms in total. The number of hydrogen-bond donors (Lipinski definition) is 2. The molecular weight excluding hydrogens is 238 g/mol. The molecule has 2 rings (SSSR count). The molecule has 1 amide bonds. The summed E-state index contributed by atoms with van der Waals surface area (Å²) in [6.07, 6.45) is 3.08. The maximum atomic E-state index is 11.6. The van der Waals surface area contributed by atoms with Crippen LogP contribution in [0.5, 0.6) is 0 Å². The van der Waals surface area contributed by atoms with E-state index in [2.05, 4.69) is 11.4 Å². The van der Waals surface area contributed by atoms with Crippen molar-refractivity contribution in [3.05, 3.63) is 21.9 Å². The lowest BCUT2D eigenvalue weighted by molar-refractivity contribution is -0.138. The van der Waals surface area contributed by atoms with Gasteiger partial charge in [0.05, 0.1) is 12.5 Å². The van der Waals surface area contributed by atoms with Crippen molar-refractivity contribution in [3.8, 4) is 0 Å². The van der Waals surface area contributed by atoms with E-state index < -0.39 is 5.97 Å². The third-order valence-electron chi connectivity index (χ3n) is 2.95. The zero-order valence-electron chi connectivity index (χ0n) is 9.44. The number of aryl methyl sites for hydroxylation is 1. The Morgan fingerprint density at radius 1 is 1.47 bits per heavy atom. The third-order valence-corrected chi connectivity index (χ3v) is 3.95. The first-order valence-corrected chi connectivity index (χ1v) is 6.62. The molecule has 1 atom stereocenters. The van der Waals surface area contributed by atoms with Crippen LogP contribution in [0, 0.1) is 0 Å². The van der Waals surface area contributed by atoms with E-state index >= 15 is 0 Å². The van der Waals surface area contributed by atoms with Crippen molar-refractivity contribution in [1.82, 2.24) is 5.32 Å². The number of amides is 1. The van der Waals surface area contributed by atoms with E-state index in [1.807, 2.05) is 5.38 Å². The Kier molecular flexibility index (Phi) is 3.78. The van der Waals surface area contributed by atoms with Crippen molar-refractivity contribution in [2.75, 3.05) is 0 Å². The summed E-state index contributed by atoms with van der Waals surface area (Å²) in [5.41, 5.74) is 1.21. The minimum absolute atomic E-state index is 0.0608. The third kappa shape index (κ3) is 3.06. The fraction of sp³-hybridized carbons (Fsp3) is 0.500. The van der Waals surface area contributed by atoms with Crippen LogP contribution in [0.1, 0.15) is 42.2 Å². The zero-order chi connectivity index (χ0) is 12.3. The van der Waals surface area contributed by atoms with Crippen molar-refractivity contribution >= 4 is 23.2 Å². The number of rotatable bonds is 4. The molecule has 0 bridgehead atoms. The second-order valence-corrected chi connectivity index (χ2v) is 5.21. The number of carbonyl (C=O) groups excluding carboxylic acids is 1. The van der Waals surface area contributed by atoms with Gasteiger partial charge in [0.2, 0.25) is 5.91 Å².